The summed E-state index contributed by atoms with van der Waals surface area (Å²) < 4.78 is 5.52. The molecule has 12 heteroatoms. The van der Waals surface area contributed by atoms with Crippen molar-refractivity contribution >= 4 is 35.5 Å². The van der Waals surface area contributed by atoms with Crippen LogP contribution >= 0.6 is 0 Å². The van der Waals surface area contributed by atoms with Crippen LogP contribution in [0.15, 0.2) is 0 Å². The van der Waals surface area contributed by atoms with E-state index in [-0.39, 0.29) is 54.0 Å². The van der Waals surface area contributed by atoms with Crippen molar-refractivity contribution < 1.29 is 33.5 Å². The molecule has 4 N–H and O–H groups in total. The second kappa shape index (κ2) is 16.2. The molecule has 1 heterocycles. The van der Waals surface area contributed by atoms with E-state index in [1.807, 2.05) is 13.8 Å². The van der Waals surface area contributed by atoms with Gasteiger partial charge in [0.25, 0.3) is 5.91 Å². The van der Waals surface area contributed by atoms with Crippen LogP contribution < -0.4 is 21.3 Å². The molecule has 4 rings (SSSR count). The molecule has 0 aromatic carbocycles. The molecule has 276 valence electrons. The molecule has 12 nitrogen and oxygen atoms in total. The van der Waals surface area contributed by atoms with Gasteiger partial charge in [-0.25, -0.2) is 4.79 Å². The maximum Gasteiger partial charge on any atom is 0.408 e. The van der Waals surface area contributed by atoms with E-state index in [2.05, 4.69) is 35.1 Å². The van der Waals surface area contributed by atoms with Crippen molar-refractivity contribution in [3.63, 3.8) is 0 Å². The number of amides is 5. The molecule has 5 amide bonds. The first-order valence-electron chi connectivity index (χ1n) is 18.8. The minimum absolute atomic E-state index is 0.0165. The molecule has 0 spiro atoms. The monoisotopic (exact) mass is 687 g/mol. The summed E-state index contributed by atoms with van der Waals surface area (Å²) in [6, 6.07) is -2.80. The number of Topliss-reactive ketones (excluding diaryl/α,β-unsaturated/α-hetero) is 1. The van der Waals surface area contributed by atoms with Crippen LogP contribution in [-0.2, 0) is 28.7 Å². The lowest BCUT2D eigenvalue weighted by atomic mass is 9.83. The van der Waals surface area contributed by atoms with Crippen molar-refractivity contribution in [2.24, 2.45) is 29.1 Å². The lowest BCUT2D eigenvalue weighted by molar-refractivity contribution is -0.145. The van der Waals surface area contributed by atoms with Crippen molar-refractivity contribution in [2.45, 2.75) is 155 Å². The summed E-state index contributed by atoms with van der Waals surface area (Å²) in [6.07, 6.45) is 10.3. The van der Waals surface area contributed by atoms with Crippen LogP contribution in [0.25, 0.3) is 0 Å². The van der Waals surface area contributed by atoms with Gasteiger partial charge in [0.05, 0.1) is 12.6 Å². The summed E-state index contributed by atoms with van der Waals surface area (Å²) >= 11 is 0. The van der Waals surface area contributed by atoms with Gasteiger partial charge in [0.2, 0.25) is 23.5 Å². The third kappa shape index (κ3) is 9.75. The van der Waals surface area contributed by atoms with E-state index in [0.717, 1.165) is 57.8 Å². The molecule has 6 atom stereocenters. The van der Waals surface area contributed by atoms with Crippen LogP contribution in [0.2, 0.25) is 0 Å². The van der Waals surface area contributed by atoms with Gasteiger partial charge >= 0.3 is 6.09 Å². The van der Waals surface area contributed by atoms with Crippen molar-refractivity contribution in [1.82, 2.24) is 26.2 Å². The van der Waals surface area contributed by atoms with E-state index >= 15 is 0 Å². The number of alkyl carbamates (subject to hydrolysis) is 1. The van der Waals surface area contributed by atoms with Crippen LogP contribution in [0.3, 0.4) is 0 Å². The molecular formula is C37H61N5O7. The van der Waals surface area contributed by atoms with E-state index in [9.17, 15) is 28.8 Å². The van der Waals surface area contributed by atoms with Crippen LogP contribution in [0.4, 0.5) is 4.79 Å². The third-order valence-electron chi connectivity index (χ3n) is 11.4. The number of hydrogen-bond donors (Lipinski definition) is 4. The summed E-state index contributed by atoms with van der Waals surface area (Å²) in [5.74, 6) is -2.60. The third-order valence-corrected chi connectivity index (χ3v) is 11.4. The summed E-state index contributed by atoms with van der Waals surface area (Å²) in [5, 5.41) is 11.1. The lowest BCUT2D eigenvalue weighted by Crippen LogP contribution is -2.60. The maximum absolute atomic E-state index is 14.3. The zero-order valence-corrected chi connectivity index (χ0v) is 30.8. The Morgan fingerprint density at radius 3 is 2.02 bits per heavy atom. The van der Waals surface area contributed by atoms with Gasteiger partial charge < -0.3 is 30.9 Å². The number of rotatable bonds is 13. The number of ether oxygens (including phenoxy) is 1. The summed E-state index contributed by atoms with van der Waals surface area (Å²) in [6.45, 7) is 13.3. The number of nitrogens with one attached hydrogen (secondary N) is 4. The summed E-state index contributed by atoms with van der Waals surface area (Å²) in [7, 11) is 0. The Kier molecular flexibility index (Phi) is 12.8. The maximum atomic E-state index is 14.3. The normalized spacial score (nSPS) is 25.6. The number of hydrogen-bond acceptors (Lipinski definition) is 7. The van der Waals surface area contributed by atoms with E-state index in [0.29, 0.717) is 18.9 Å². The predicted octanol–water partition coefficient (Wildman–Crippen LogP) is 4.00. The van der Waals surface area contributed by atoms with E-state index in [1.54, 1.807) is 25.7 Å². The highest BCUT2D eigenvalue weighted by molar-refractivity contribution is 6.38. The zero-order chi connectivity index (χ0) is 36.1. The highest BCUT2D eigenvalue weighted by atomic mass is 16.6. The van der Waals surface area contributed by atoms with Crippen molar-refractivity contribution in [2.75, 3.05) is 13.1 Å². The van der Waals surface area contributed by atoms with Crippen LogP contribution in [0.1, 0.15) is 126 Å². The molecule has 0 bridgehead atoms. The van der Waals surface area contributed by atoms with E-state index in [4.69, 9.17) is 4.74 Å². The first-order chi connectivity index (χ1) is 23.0. The number of nitrogens with zero attached hydrogens (tertiary/aromatic N) is 1. The Morgan fingerprint density at radius 1 is 0.857 bits per heavy atom. The predicted molar refractivity (Wildman–Crippen MR) is 185 cm³/mol. The molecule has 4 fully saturated rings. The molecule has 1 aliphatic heterocycles. The van der Waals surface area contributed by atoms with Gasteiger partial charge in [-0.05, 0) is 88.9 Å². The lowest BCUT2D eigenvalue weighted by Gasteiger charge is -2.37. The van der Waals surface area contributed by atoms with Gasteiger partial charge in [-0.3, -0.25) is 24.0 Å². The Bertz CT molecular complexity index is 1230. The Balaban J connectivity index is 1.43. The molecular weight excluding hydrogens is 626 g/mol. The SMILES string of the molecule is CCCC(NC(=O)[C@@H]1[C@@H]2[C@H](CN1C(=O)[C@@H](NC(=O)OC(C)(C)C)C1CCCCC1)C2(C)C)C(=O)C(=O)NCC(=O)N[C@H](C)C1CCCCC1. The second-order valence-corrected chi connectivity index (χ2v) is 16.6. The standard InChI is InChI=1S/C37H61N5O7/c1-8-15-26(31(44)33(46)38-20-27(43)39-22(2)23-16-11-9-12-17-23)40-32(45)30-28-25(37(28,6)7)21-42(30)34(47)29(24-18-13-10-14-19-24)41-35(48)49-36(3,4)5/h22-26,28-30H,8-21H2,1-7H3,(H,38,46)(H,39,43)(H,40,45)(H,41,48)/t22-,25+,26?,28+,29+,30+/m1/s1. The highest BCUT2D eigenvalue weighted by Crippen LogP contribution is 2.65. The van der Waals surface area contributed by atoms with Gasteiger partial charge in [0.1, 0.15) is 17.7 Å². The van der Waals surface area contributed by atoms with Crippen molar-refractivity contribution in [3.05, 3.63) is 0 Å². The molecule has 1 saturated heterocycles. The van der Waals surface area contributed by atoms with Crippen LogP contribution in [0.5, 0.6) is 0 Å². The quantitative estimate of drug-likeness (QED) is 0.213. The fourth-order valence-corrected chi connectivity index (χ4v) is 8.55. The fourth-order valence-electron chi connectivity index (χ4n) is 8.55. The minimum atomic E-state index is -1.10. The number of carbonyl (C=O) groups is 6. The van der Waals surface area contributed by atoms with Crippen molar-refractivity contribution in [3.8, 4) is 0 Å². The van der Waals surface area contributed by atoms with Gasteiger partial charge in [-0.1, -0.05) is 65.7 Å². The number of likely N-dealkylation sites (tertiary alicyclic amines) is 1. The van der Waals surface area contributed by atoms with Gasteiger partial charge in [0.15, 0.2) is 0 Å². The van der Waals surface area contributed by atoms with E-state index in [1.165, 1.54) is 6.42 Å². The Morgan fingerprint density at radius 2 is 1.45 bits per heavy atom. The molecule has 3 saturated carbocycles. The molecule has 0 aromatic heterocycles. The molecule has 49 heavy (non-hydrogen) atoms. The number of ketones is 1. The van der Waals surface area contributed by atoms with E-state index < -0.39 is 47.4 Å². The van der Waals surface area contributed by atoms with Crippen LogP contribution in [0, 0.1) is 29.1 Å². The summed E-state index contributed by atoms with van der Waals surface area (Å²) in [4.78, 5) is 81.8. The topological polar surface area (TPSA) is 163 Å². The first-order valence-corrected chi connectivity index (χ1v) is 18.8. The molecule has 3 aliphatic carbocycles. The average Bonchev–Trinajstić information content (AvgIpc) is 3.36. The average molecular weight is 688 g/mol. The first kappa shape index (κ1) is 38.6. The van der Waals surface area contributed by atoms with Gasteiger partial charge in [-0.15, -0.1) is 0 Å². The Labute approximate surface area is 292 Å². The molecule has 1 unspecified atom stereocenters. The number of carbonyl (C=O) groups excluding carboxylic acids is 6. The van der Waals surface area contributed by atoms with Gasteiger partial charge in [0, 0.05) is 12.6 Å². The smallest absolute Gasteiger partial charge is 0.408 e. The largest absolute Gasteiger partial charge is 0.444 e. The Hall–Kier alpha value is -3.18. The molecule has 0 radical (unpaired) electrons. The van der Waals surface area contributed by atoms with Crippen molar-refractivity contribution in [1.29, 1.82) is 0 Å². The molecule has 0 aromatic rings. The highest BCUT2D eigenvalue weighted by Gasteiger charge is 2.69. The molecule has 4 aliphatic rings. The second-order valence-electron chi connectivity index (χ2n) is 16.6. The number of fused-ring (bicyclic) bond motifs is 1. The zero-order valence-electron chi connectivity index (χ0n) is 30.8. The number of piperidine rings is 1. The minimum Gasteiger partial charge on any atom is -0.444 e. The van der Waals surface area contributed by atoms with Crippen LogP contribution in [-0.4, -0.2) is 83.3 Å². The van der Waals surface area contributed by atoms with Gasteiger partial charge in [-0.2, -0.15) is 0 Å². The summed E-state index contributed by atoms with van der Waals surface area (Å²) in [5.41, 5.74) is -0.919. The fraction of sp³-hybridized carbons (Fsp3) is 0.838.